The minimum atomic E-state index is 0. The fraction of sp³-hybridized carbons (Fsp3) is 0. The maximum atomic E-state index is 3.46. The average molecular weight is 350 g/mol. The first-order chi connectivity index (χ1) is 2.89. The molecule has 0 aliphatic rings. The molecule has 0 bridgehead atoms. The number of rotatable bonds is 0. The third kappa shape index (κ3) is 0.608. The van der Waals surface area contributed by atoms with Gasteiger partial charge in [0.25, 0.3) is 0 Å². The van der Waals surface area contributed by atoms with E-state index in [2.05, 4.69) is 27.5 Å². The summed E-state index contributed by atoms with van der Waals surface area (Å²) in [4.78, 5) is 0. The van der Waals surface area contributed by atoms with Crippen LogP contribution in [0.25, 0.3) is 0 Å². The van der Waals surface area contributed by atoms with Gasteiger partial charge in [-0.25, -0.2) is 0 Å². The van der Waals surface area contributed by atoms with E-state index in [1.54, 1.807) is 0 Å². The van der Waals surface area contributed by atoms with Gasteiger partial charge in [-0.1, -0.05) is 5.21 Å². The van der Waals surface area contributed by atoms with E-state index < -0.39 is 0 Å². The molecule has 1 heterocycles. The van der Waals surface area contributed by atoms with E-state index in [0.29, 0.717) is 5.82 Å². The van der Waals surface area contributed by atoms with Crippen molar-refractivity contribution in [3.63, 3.8) is 0 Å². The van der Waals surface area contributed by atoms with Crippen molar-refractivity contribution in [2.75, 3.05) is 0 Å². The van der Waals surface area contributed by atoms with Crippen molar-refractivity contribution in [3.8, 4) is 0 Å². The molecule has 1 aromatic heterocycles. The van der Waals surface area contributed by atoms with Gasteiger partial charge in [0, 0.05) is 5.82 Å². The van der Waals surface area contributed by atoms with E-state index in [1.165, 1.54) is 0 Å². The standard InChI is InChI=1S/C2H3N4.Rf/c1-2-3-5-6-4-2;/h1H2,(H,3,4,5,6);/q-1;. The summed E-state index contributed by atoms with van der Waals surface area (Å²) in [7, 11) is 0. The van der Waals surface area contributed by atoms with Crippen LogP contribution in [0.3, 0.4) is 0 Å². The molecule has 0 spiro atoms. The van der Waals surface area contributed by atoms with E-state index in [-0.39, 0.29) is 0 Å². The van der Waals surface area contributed by atoms with Crippen LogP contribution in [-0.2, 0) is 0 Å². The Bertz CT molecular complexity index is 113. The Morgan fingerprint density at radius 2 is 2.29 bits per heavy atom. The Balaban J connectivity index is 0.000000360. The van der Waals surface area contributed by atoms with Crippen LogP contribution >= 0.6 is 0 Å². The molecule has 0 unspecified atom stereocenters. The normalized spacial score (nSPS) is 7.43. The molecule has 1 N–H and O–H groups in total. The van der Waals surface area contributed by atoms with Crippen LogP contribution < -0.4 is 0 Å². The smallest absolute Gasteiger partial charge is 0.0380 e. The predicted molar refractivity (Wildman–Crippen MR) is 18.6 cm³/mol. The van der Waals surface area contributed by atoms with Crippen LogP contribution in [0.15, 0.2) is 0 Å². The number of aromatic amines is 1. The van der Waals surface area contributed by atoms with Crippen molar-refractivity contribution < 1.29 is 0 Å². The largest absolute Gasteiger partial charge is 0.334 e. The molecule has 5 heteroatoms. The number of nitrogens with one attached hydrogen (secondary N) is 1. The van der Waals surface area contributed by atoms with Gasteiger partial charge >= 0.3 is 0 Å². The summed E-state index contributed by atoms with van der Waals surface area (Å²) in [5.41, 5.74) is 0. The first-order valence-electron chi connectivity index (χ1n) is 1.45. The van der Waals surface area contributed by atoms with Gasteiger partial charge in [-0.05, 0) is 0 Å². The van der Waals surface area contributed by atoms with Crippen LogP contribution in [0.5, 0.6) is 0 Å². The third-order valence-corrected chi connectivity index (χ3v) is 0.389. The first kappa shape index (κ1) is 4.94. The fourth-order valence-electron chi connectivity index (χ4n) is 0.183. The first-order valence-corrected chi connectivity index (χ1v) is 1.45. The van der Waals surface area contributed by atoms with Crippen LogP contribution in [0.2, 0.25) is 0 Å². The van der Waals surface area contributed by atoms with Crippen molar-refractivity contribution in [1.82, 2.24) is 20.6 Å². The molecule has 34 valence electrons. The van der Waals surface area contributed by atoms with Crippen LogP contribution in [0.1, 0.15) is 5.82 Å². The fourth-order valence-corrected chi connectivity index (χ4v) is 0.183. The summed E-state index contributed by atoms with van der Waals surface area (Å²) in [5, 5.41) is 12.4. The summed E-state index contributed by atoms with van der Waals surface area (Å²) in [5.74, 6) is 0.426. The zero-order valence-corrected chi connectivity index (χ0v) is 10.2. The monoisotopic (exact) mass is 350 g/mol. The van der Waals surface area contributed by atoms with Crippen LogP contribution in [0.4, 0.5) is 0 Å². The van der Waals surface area contributed by atoms with E-state index in [1.807, 2.05) is 0 Å². The summed E-state index contributed by atoms with van der Waals surface area (Å²) < 4.78 is 0. The number of H-pyrrole nitrogens is 1. The molecule has 0 saturated heterocycles. The van der Waals surface area contributed by atoms with Crippen molar-refractivity contribution in [2.24, 2.45) is 0 Å². The molecule has 0 atom stereocenters. The van der Waals surface area contributed by atoms with Gasteiger partial charge in [-0.3, -0.25) is 0 Å². The molecule has 4 nitrogen and oxygen atoms in total. The van der Waals surface area contributed by atoms with Gasteiger partial charge in [-0.2, -0.15) is 10.3 Å². The second kappa shape index (κ2) is 1.40. The average Bonchev–Trinajstić information content (AvgIpc) is 1.86. The maximum Gasteiger partial charge on any atom is 0.0380 e. The quantitative estimate of drug-likeness (QED) is 0.635. The minimum absolute atomic E-state index is 0. The Kier molecular flexibility index (Phi) is 0.985. The van der Waals surface area contributed by atoms with Crippen LogP contribution in [0, 0.1) is 6.92 Å². The van der Waals surface area contributed by atoms with E-state index in [0.717, 1.165) is 0 Å². The summed E-state index contributed by atoms with van der Waals surface area (Å²) in [6.07, 6.45) is 0. The zero-order valence-electron chi connectivity index (χ0n) is 3.76. The van der Waals surface area contributed by atoms with Gasteiger partial charge in [0.05, 0.1) is 0 Å². The molecule has 0 aromatic carbocycles. The SMILES string of the molecule is [CH2-]c1nn[nH]n1.[Rf]. The van der Waals surface area contributed by atoms with Crippen molar-refractivity contribution >= 4 is 0 Å². The molecule has 0 radical (unpaired) electrons. The Morgan fingerprint density at radius 3 is 2.43 bits per heavy atom. The Morgan fingerprint density at radius 1 is 1.57 bits per heavy atom. The topological polar surface area (TPSA) is 54.5 Å². The summed E-state index contributed by atoms with van der Waals surface area (Å²) in [6, 6.07) is 0. The molecular weight excluding hydrogens is 347 g/mol. The van der Waals surface area contributed by atoms with Crippen molar-refractivity contribution in [2.45, 2.75) is 0 Å². The number of tetrazole rings is 1. The van der Waals surface area contributed by atoms with E-state index in [4.69, 9.17) is 0 Å². The van der Waals surface area contributed by atoms with Crippen molar-refractivity contribution in [1.29, 1.82) is 0 Å². The molecule has 7 heavy (non-hydrogen) atoms. The minimum Gasteiger partial charge on any atom is -0.334 e. The number of aromatic nitrogens is 4. The Labute approximate surface area is 34.6 Å². The van der Waals surface area contributed by atoms with Crippen LogP contribution in [-0.4, -0.2) is 20.6 Å². The second-order valence-electron chi connectivity index (χ2n) is 0.828. The maximum absolute atomic E-state index is 3.46. The molecule has 0 aliphatic carbocycles. The predicted octanol–water partition coefficient (Wildman–Crippen LogP) is -0.618. The zero-order chi connectivity index (χ0) is 4.41. The van der Waals surface area contributed by atoms with E-state index in [9.17, 15) is 0 Å². The molecule has 0 fully saturated rings. The van der Waals surface area contributed by atoms with Gasteiger partial charge in [0.15, 0.2) is 0 Å². The number of hydrogen-bond acceptors (Lipinski definition) is 3. The number of nitrogens with zero attached hydrogens (tertiary/aromatic N) is 3. The molecule has 1 aromatic rings. The molecule has 0 saturated carbocycles. The van der Waals surface area contributed by atoms with Gasteiger partial charge < -0.3 is 6.92 Å². The van der Waals surface area contributed by atoms with Gasteiger partial charge in [-0.15, -0.1) is 5.10 Å². The van der Waals surface area contributed by atoms with Crippen molar-refractivity contribution in [3.05, 3.63) is 12.7 Å². The summed E-state index contributed by atoms with van der Waals surface area (Å²) in [6.45, 7) is 3.36. The molecule has 1 rings (SSSR count). The third-order valence-electron chi connectivity index (χ3n) is 0.389. The summed E-state index contributed by atoms with van der Waals surface area (Å²) >= 11 is 0. The van der Waals surface area contributed by atoms with Gasteiger partial charge in [0.2, 0.25) is 0 Å². The molecule has 0 amide bonds. The molecular formula is C2H3N4Rf-. The number of hydrogen-bond donors (Lipinski definition) is 1. The second-order valence-corrected chi connectivity index (χ2v) is 0.828. The van der Waals surface area contributed by atoms with E-state index >= 15 is 0 Å². The Hall–Kier alpha value is -2.06. The van der Waals surface area contributed by atoms with Gasteiger partial charge in [0.1, 0.15) is 0 Å². The molecule has 0 aliphatic heterocycles.